The molecule has 1 saturated heterocycles. The zero-order chi connectivity index (χ0) is 14.8. The average molecular weight is 289 g/mol. The molecule has 0 unspecified atom stereocenters. The lowest BCUT2D eigenvalue weighted by molar-refractivity contribution is 0.0398. The highest BCUT2D eigenvalue weighted by Crippen LogP contribution is 2.26. The minimum atomic E-state index is 0.840. The summed E-state index contributed by atoms with van der Waals surface area (Å²) in [5, 5.41) is 14.4. The van der Waals surface area contributed by atoms with E-state index in [9.17, 15) is 0 Å². The molecule has 0 bridgehead atoms. The number of hydrogen-bond acceptors (Lipinski definition) is 5. The van der Waals surface area contributed by atoms with E-state index in [1.165, 1.54) is 11.1 Å². The highest BCUT2D eigenvalue weighted by molar-refractivity contribution is 5.95. The van der Waals surface area contributed by atoms with Crippen molar-refractivity contribution in [3.05, 3.63) is 17.6 Å². The fourth-order valence-corrected chi connectivity index (χ4v) is 2.88. The van der Waals surface area contributed by atoms with Crippen molar-refractivity contribution in [3.8, 4) is 0 Å². The van der Waals surface area contributed by atoms with E-state index < -0.39 is 0 Å². The van der Waals surface area contributed by atoms with Gasteiger partial charge in [0, 0.05) is 55.9 Å². The van der Waals surface area contributed by atoms with Crippen LogP contribution in [0.15, 0.2) is 6.20 Å². The van der Waals surface area contributed by atoms with E-state index in [0.717, 1.165) is 56.3 Å². The smallest absolute Gasteiger partial charge is 0.158 e. The van der Waals surface area contributed by atoms with Crippen LogP contribution in [-0.4, -0.2) is 59.1 Å². The topological polar surface area (TPSA) is 55.2 Å². The van der Waals surface area contributed by atoms with Crippen molar-refractivity contribution in [1.29, 1.82) is 0 Å². The molecule has 114 valence electrons. The van der Waals surface area contributed by atoms with Crippen LogP contribution in [0.4, 0.5) is 5.82 Å². The summed E-state index contributed by atoms with van der Waals surface area (Å²) in [7, 11) is 2.06. The third kappa shape index (κ3) is 2.87. The standard InChI is InChI=1S/C15H23N5O/c1-11-14-12(2)19(3)10-13(14)15(18-17-11)16-4-5-20-6-8-21-9-7-20/h10H,4-9H2,1-3H3,(H,16,18). The van der Waals surface area contributed by atoms with Crippen LogP contribution in [0.1, 0.15) is 11.4 Å². The lowest BCUT2D eigenvalue weighted by atomic mass is 10.2. The SMILES string of the molecule is Cc1nnc(NCCN2CCOCC2)c2cn(C)c(C)c12. The number of anilines is 1. The quantitative estimate of drug-likeness (QED) is 0.920. The molecule has 3 heterocycles. The number of aryl methyl sites for hydroxylation is 3. The van der Waals surface area contributed by atoms with Gasteiger partial charge < -0.3 is 14.6 Å². The van der Waals surface area contributed by atoms with E-state index in [2.05, 4.69) is 45.1 Å². The van der Waals surface area contributed by atoms with Gasteiger partial charge in [0.05, 0.1) is 18.9 Å². The maximum absolute atomic E-state index is 5.36. The summed E-state index contributed by atoms with van der Waals surface area (Å²) in [4.78, 5) is 2.41. The molecule has 6 heteroatoms. The fraction of sp³-hybridized carbons (Fsp3) is 0.600. The molecule has 6 nitrogen and oxygen atoms in total. The average Bonchev–Trinajstić information content (AvgIpc) is 2.79. The van der Waals surface area contributed by atoms with Gasteiger partial charge in [0.1, 0.15) is 0 Å². The summed E-state index contributed by atoms with van der Waals surface area (Å²) in [5.41, 5.74) is 2.22. The molecular formula is C15H23N5O. The first-order chi connectivity index (χ1) is 10.2. The number of morpholine rings is 1. The molecule has 1 N–H and O–H groups in total. The van der Waals surface area contributed by atoms with Gasteiger partial charge >= 0.3 is 0 Å². The van der Waals surface area contributed by atoms with Crippen molar-refractivity contribution in [1.82, 2.24) is 19.7 Å². The summed E-state index contributed by atoms with van der Waals surface area (Å²) < 4.78 is 7.50. The monoisotopic (exact) mass is 289 g/mol. The first-order valence-electron chi connectivity index (χ1n) is 7.49. The molecule has 0 saturated carbocycles. The second-order valence-electron chi connectivity index (χ2n) is 5.63. The Morgan fingerprint density at radius 2 is 2.00 bits per heavy atom. The van der Waals surface area contributed by atoms with E-state index >= 15 is 0 Å². The molecule has 21 heavy (non-hydrogen) atoms. The van der Waals surface area contributed by atoms with Crippen molar-refractivity contribution in [2.45, 2.75) is 13.8 Å². The van der Waals surface area contributed by atoms with E-state index in [-0.39, 0.29) is 0 Å². The number of rotatable bonds is 4. The third-order valence-corrected chi connectivity index (χ3v) is 4.22. The Kier molecular flexibility index (Phi) is 4.07. The molecule has 2 aromatic heterocycles. The molecule has 0 spiro atoms. The van der Waals surface area contributed by atoms with Gasteiger partial charge in [0.25, 0.3) is 0 Å². The van der Waals surface area contributed by atoms with Gasteiger partial charge in [-0.05, 0) is 13.8 Å². The Hall–Kier alpha value is -1.66. The molecule has 3 rings (SSSR count). The highest BCUT2D eigenvalue weighted by atomic mass is 16.5. The number of nitrogens with one attached hydrogen (secondary N) is 1. The van der Waals surface area contributed by atoms with E-state index in [1.54, 1.807) is 0 Å². The number of ether oxygens (including phenoxy) is 1. The van der Waals surface area contributed by atoms with Gasteiger partial charge in [-0.1, -0.05) is 0 Å². The zero-order valence-electron chi connectivity index (χ0n) is 13.0. The molecular weight excluding hydrogens is 266 g/mol. The molecule has 0 amide bonds. The predicted molar refractivity (Wildman–Crippen MR) is 83.7 cm³/mol. The Bertz CT molecular complexity index is 631. The van der Waals surface area contributed by atoms with Crippen LogP contribution in [0.2, 0.25) is 0 Å². The molecule has 2 aromatic rings. The summed E-state index contributed by atoms with van der Waals surface area (Å²) in [5.74, 6) is 0.882. The van der Waals surface area contributed by atoms with Crippen molar-refractivity contribution in [2.24, 2.45) is 7.05 Å². The minimum Gasteiger partial charge on any atom is -0.379 e. The van der Waals surface area contributed by atoms with E-state index in [0.29, 0.717) is 0 Å². The second-order valence-corrected chi connectivity index (χ2v) is 5.63. The molecule has 0 radical (unpaired) electrons. The summed E-state index contributed by atoms with van der Waals surface area (Å²) in [6.07, 6.45) is 2.13. The van der Waals surface area contributed by atoms with Crippen molar-refractivity contribution < 1.29 is 4.74 Å². The maximum Gasteiger partial charge on any atom is 0.158 e. The molecule has 1 aliphatic rings. The van der Waals surface area contributed by atoms with Crippen LogP contribution < -0.4 is 5.32 Å². The highest BCUT2D eigenvalue weighted by Gasteiger charge is 2.13. The number of aromatic nitrogens is 3. The first kappa shape index (κ1) is 14.3. The Balaban J connectivity index is 1.72. The molecule has 1 aliphatic heterocycles. The van der Waals surface area contributed by atoms with Gasteiger partial charge in [0.2, 0.25) is 0 Å². The Morgan fingerprint density at radius 1 is 1.24 bits per heavy atom. The van der Waals surface area contributed by atoms with Crippen LogP contribution in [0.25, 0.3) is 10.8 Å². The summed E-state index contributed by atoms with van der Waals surface area (Å²) >= 11 is 0. The van der Waals surface area contributed by atoms with Crippen LogP contribution in [-0.2, 0) is 11.8 Å². The van der Waals surface area contributed by atoms with Crippen molar-refractivity contribution in [2.75, 3.05) is 44.7 Å². The minimum absolute atomic E-state index is 0.840. The molecule has 0 aliphatic carbocycles. The van der Waals surface area contributed by atoms with Crippen LogP contribution in [0, 0.1) is 13.8 Å². The van der Waals surface area contributed by atoms with Gasteiger partial charge in [-0.2, -0.15) is 5.10 Å². The zero-order valence-corrected chi connectivity index (χ0v) is 13.0. The predicted octanol–water partition coefficient (Wildman–Crippen LogP) is 1.33. The van der Waals surface area contributed by atoms with Crippen LogP contribution >= 0.6 is 0 Å². The van der Waals surface area contributed by atoms with Gasteiger partial charge in [-0.15, -0.1) is 5.10 Å². The van der Waals surface area contributed by atoms with Crippen LogP contribution in [0.5, 0.6) is 0 Å². The maximum atomic E-state index is 5.36. The summed E-state index contributed by atoms with van der Waals surface area (Å²) in [6.45, 7) is 9.72. The largest absolute Gasteiger partial charge is 0.379 e. The number of nitrogens with zero attached hydrogens (tertiary/aromatic N) is 4. The first-order valence-corrected chi connectivity index (χ1v) is 7.49. The van der Waals surface area contributed by atoms with Gasteiger partial charge in [-0.3, -0.25) is 4.90 Å². The van der Waals surface area contributed by atoms with Gasteiger partial charge in [0.15, 0.2) is 5.82 Å². The molecule has 1 fully saturated rings. The lowest BCUT2D eigenvalue weighted by Crippen LogP contribution is -2.39. The third-order valence-electron chi connectivity index (χ3n) is 4.22. The molecule has 0 aromatic carbocycles. The molecule has 0 atom stereocenters. The Labute approximate surface area is 125 Å². The number of hydrogen-bond donors (Lipinski definition) is 1. The lowest BCUT2D eigenvalue weighted by Gasteiger charge is -2.26. The van der Waals surface area contributed by atoms with Crippen molar-refractivity contribution >= 4 is 16.6 Å². The van der Waals surface area contributed by atoms with E-state index in [1.807, 2.05) is 6.92 Å². The second kappa shape index (κ2) is 5.99. The van der Waals surface area contributed by atoms with E-state index in [4.69, 9.17) is 4.74 Å². The summed E-state index contributed by atoms with van der Waals surface area (Å²) in [6, 6.07) is 0. The van der Waals surface area contributed by atoms with Crippen LogP contribution in [0.3, 0.4) is 0 Å². The van der Waals surface area contributed by atoms with Gasteiger partial charge in [-0.25, -0.2) is 0 Å². The fourth-order valence-electron chi connectivity index (χ4n) is 2.88. The Morgan fingerprint density at radius 3 is 2.76 bits per heavy atom. The normalized spacial score (nSPS) is 16.5. The number of fused-ring (bicyclic) bond motifs is 1. The van der Waals surface area contributed by atoms with Crippen molar-refractivity contribution in [3.63, 3.8) is 0 Å².